The van der Waals surface area contributed by atoms with E-state index in [0.29, 0.717) is 17.3 Å². The molecule has 4 rings (SSSR count). The van der Waals surface area contributed by atoms with E-state index in [0.717, 1.165) is 22.3 Å². The Labute approximate surface area is 173 Å². The molecule has 2 aromatic carbocycles. The monoisotopic (exact) mass is 412 g/mol. The van der Waals surface area contributed by atoms with Gasteiger partial charge in [0.15, 0.2) is 0 Å². The molecule has 30 heavy (non-hydrogen) atoms. The average Bonchev–Trinajstić information content (AvgIpc) is 3.18. The van der Waals surface area contributed by atoms with Crippen LogP contribution in [0.25, 0.3) is 22.6 Å². The molecule has 158 valence electrons. The van der Waals surface area contributed by atoms with Gasteiger partial charge in [-0.1, -0.05) is 24.3 Å². The lowest BCUT2D eigenvalue weighted by Crippen LogP contribution is -2.55. The Morgan fingerprint density at radius 1 is 0.900 bits per heavy atom. The highest BCUT2D eigenvalue weighted by molar-refractivity contribution is 5.71. The quantitative estimate of drug-likeness (QED) is 0.508. The fourth-order valence-electron chi connectivity index (χ4n) is 3.79. The molecule has 0 saturated carbocycles. The lowest BCUT2D eigenvalue weighted by molar-refractivity contribution is -0.231. The van der Waals surface area contributed by atoms with E-state index in [4.69, 9.17) is 9.15 Å². The molecule has 0 radical (unpaired) electrons. The summed E-state index contributed by atoms with van der Waals surface area (Å²) in [6.45, 7) is 3.25. The van der Waals surface area contributed by atoms with Gasteiger partial charge in [-0.15, -0.1) is 10.2 Å². The zero-order valence-electron chi connectivity index (χ0n) is 16.6. The largest absolute Gasteiger partial charge is 0.421 e. The molecule has 0 unspecified atom stereocenters. The second-order valence-electron chi connectivity index (χ2n) is 7.53. The fourth-order valence-corrected chi connectivity index (χ4v) is 3.79. The number of aliphatic hydroxyl groups excluding tert-OH is 4. The van der Waals surface area contributed by atoms with Gasteiger partial charge >= 0.3 is 0 Å². The van der Waals surface area contributed by atoms with Crippen molar-refractivity contribution in [2.45, 2.75) is 44.4 Å². The topological polar surface area (TPSA) is 129 Å². The van der Waals surface area contributed by atoms with Crippen molar-refractivity contribution in [1.82, 2.24) is 10.2 Å². The zero-order valence-corrected chi connectivity index (χ0v) is 16.6. The maximum Gasteiger partial charge on any atom is 0.247 e. The van der Waals surface area contributed by atoms with Gasteiger partial charge in [-0.2, -0.15) is 0 Å². The molecule has 8 nitrogen and oxygen atoms in total. The van der Waals surface area contributed by atoms with Crippen LogP contribution in [0.5, 0.6) is 0 Å². The van der Waals surface area contributed by atoms with E-state index in [2.05, 4.69) is 10.2 Å². The first-order valence-electron chi connectivity index (χ1n) is 9.71. The summed E-state index contributed by atoms with van der Waals surface area (Å²) < 4.78 is 11.2. The number of hydrogen-bond acceptors (Lipinski definition) is 8. The van der Waals surface area contributed by atoms with Gasteiger partial charge in [0, 0.05) is 12.5 Å². The molecule has 1 aliphatic heterocycles. The van der Waals surface area contributed by atoms with E-state index in [9.17, 15) is 20.4 Å². The molecule has 1 aromatic heterocycles. The summed E-state index contributed by atoms with van der Waals surface area (Å²) in [6.07, 6.45) is -5.93. The third-order valence-electron chi connectivity index (χ3n) is 5.42. The van der Waals surface area contributed by atoms with Crippen LogP contribution >= 0.6 is 0 Å². The van der Waals surface area contributed by atoms with E-state index in [1.165, 1.54) is 0 Å². The van der Waals surface area contributed by atoms with Crippen molar-refractivity contribution in [2.24, 2.45) is 0 Å². The molecule has 3 aromatic rings. The minimum Gasteiger partial charge on any atom is -0.421 e. The highest BCUT2D eigenvalue weighted by Gasteiger charge is 2.43. The summed E-state index contributed by atoms with van der Waals surface area (Å²) in [5.41, 5.74) is 4.33. The smallest absolute Gasteiger partial charge is 0.247 e. The Morgan fingerprint density at radius 3 is 2.37 bits per heavy atom. The van der Waals surface area contributed by atoms with Gasteiger partial charge in [0.25, 0.3) is 0 Å². The Kier molecular flexibility index (Phi) is 5.68. The number of hydrogen-bond donors (Lipinski definition) is 4. The molecule has 1 fully saturated rings. The third-order valence-corrected chi connectivity index (χ3v) is 5.42. The van der Waals surface area contributed by atoms with E-state index >= 15 is 0 Å². The van der Waals surface area contributed by atoms with Crippen molar-refractivity contribution >= 4 is 0 Å². The minimum absolute atomic E-state index is 0.456. The summed E-state index contributed by atoms with van der Waals surface area (Å²) >= 11 is 0. The second kappa shape index (κ2) is 8.25. The number of rotatable bonds is 4. The van der Waals surface area contributed by atoms with Gasteiger partial charge < -0.3 is 29.6 Å². The molecule has 2 heterocycles. The zero-order chi connectivity index (χ0) is 21.4. The molecule has 1 aliphatic rings. The van der Waals surface area contributed by atoms with Crippen molar-refractivity contribution in [1.29, 1.82) is 0 Å². The standard InChI is InChI=1S/C22H24N2O6/c1-11-8-15(22-24-23-12(2)29-22)6-7-16(11)13-4-3-5-14(9-13)21-20(28)19(27)18(26)17(10-25)30-21/h3-9,17-21,25-28H,10H2,1-2H3/t17-,18-,19+,20+,21-/m1/s1. The number of aromatic nitrogens is 2. The molecule has 0 aliphatic carbocycles. The van der Waals surface area contributed by atoms with E-state index < -0.39 is 37.1 Å². The lowest BCUT2D eigenvalue weighted by Gasteiger charge is -2.40. The predicted molar refractivity (Wildman–Crippen MR) is 107 cm³/mol. The van der Waals surface area contributed by atoms with Gasteiger partial charge in [0.05, 0.1) is 6.61 Å². The summed E-state index contributed by atoms with van der Waals surface area (Å²) in [7, 11) is 0. The first-order valence-corrected chi connectivity index (χ1v) is 9.71. The van der Waals surface area contributed by atoms with Gasteiger partial charge in [0.2, 0.25) is 11.8 Å². The van der Waals surface area contributed by atoms with Crippen LogP contribution in [0.3, 0.4) is 0 Å². The maximum atomic E-state index is 10.4. The van der Waals surface area contributed by atoms with Crippen LogP contribution in [0, 0.1) is 13.8 Å². The highest BCUT2D eigenvalue weighted by atomic mass is 16.5. The van der Waals surface area contributed by atoms with Crippen LogP contribution in [-0.4, -0.2) is 61.6 Å². The van der Waals surface area contributed by atoms with E-state index in [1.807, 2.05) is 43.3 Å². The van der Waals surface area contributed by atoms with E-state index in [1.54, 1.807) is 13.0 Å². The Morgan fingerprint density at radius 2 is 1.70 bits per heavy atom. The van der Waals surface area contributed by atoms with Crippen molar-refractivity contribution < 1.29 is 29.6 Å². The van der Waals surface area contributed by atoms with Gasteiger partial charge in [-0.05, 0) is 47.4 Å². The van der Waals surface area contributed by atoms with E-state index in [-0.39, 0.29) is 0 Å². The molecule has 5 atom stereocenters. The number of ether oxygens (including phenoxy) is 1. The van der Waals surface area contributed by atoms with Crippen LogP contribution in [0.4, 0.5) is 0 Å². The number of nitrogens with zero attached hydrogens (tertiary/aromatic N) is 2. The van der Waals surface area contributed by atoms with Gasteiger partial charge in [-0.3, -0.25) is 0 Å². The first kappa shape index (κ1) is 20.6. The molecule has 1 saturated heterocycles. The molecule has 0 amide bonds. The van der Waals surface area contributed by atoms with Gasteiger partial charge in [-0.25, -0.2) is 0 Å². The summed E-state index contributed by atoms with van der Waals surface area (Å²) in [5.74, 6) is 0.955. The number of aliphatic hydroxyl groups is 4. The van der Waals surface area contributed by atoms with Crippen LogP contribution in [0.1, 0.15) is 23.1 Å². The third kappa shape index (κ3) is 3.76. The summed E-state index contributed by atoms with van der Waals surface area (Å²) in [4.78, 5) is 0. The number of aryl methyl sites for hydroxylation is 2. The fraction of sp³-hybridized carbons (Fsp3) is 0.364. The number of benzene rings is 2. The van der Waals surface area contributed by atoms with Crippen LogP contribution in [-0.2, 0) is 4.74 Å². The van der Waals surface area contributed by atoms with Crippen molar-refractivity contribution in [3.8, 4) is 22.6 Å². The van der Waals surface area contributed by atoms with Crippen LogP contribution < -0.4 is 0 Å². The second-order valence-corrected chi connectivity index (χ2v) is 7.53. The highest BCUT2D eigenvalue weighted by Crippen LogP contribution is 2.35. The van der Waals surface area contributed by atoms with Crippen LogP contribution in [0.15, 0.2) is 46.9 Å². The van der Waals surface area contributed by atoms with Crippen LogP contribution in [0.2, 0.25) is 0 Å². The normalized spacial score (nSPS) is 26.7. The SMILES string of the molecule is Cc1nnc(-c2ccc(-c3cccc([C@H]4O[C@H](CO)[C@@H](O)[C@H](O)[C@@H]4O)c3)c(C)c2)o1. The molecule has 0 spiro atoms. The summed E-state index contributed by atoms with van der Waals surface area (Å²) in [6, 6.07) is 13.2. The maximum absolute atomic E-state index is 10.4. The Balaban J connectivity index is 1.65. The summed E-state index contributed by atoms with van der Waals surface area (Å²) in [5, 5.41) is 47.8. The molecule has 8 heteroatoms. The van der Waals surface area contributed by atoms with Crippen molar-refractivity contribution in [3.63, 3.8) is 0 Å². The molecule has 0 bridgehead atoms. The predicted octanol–water partition coefficient (Wildman–Crippen LogP) is 1.54. The molecular weight excluding hydrogens is 388 g/mol. The van der Waals surface area contributed by atoms with Crippen molar-refractivity contribution in [3.05, 3.63) is 59.5 Å². The lowest BCUT2D eigenvalue weighted by atomic mass is 9.89. The Hall–Kier alpha value is -2.62. The first-order chi connectivity index (χ1) is 14.4. The minimum atomic E-state index is -1.41. The average molecular weight is 412 g/mol. The molecule has 4 N–H and O–H groups in total. The Bertz CT molecular complexity index is 1030. The molecular formula is C22H24N2O6. The van der Waals surface area contributed by atoms with Gasteiger partial charge in [0.1, 0.15) is 30.5 Å². The van der Waals surface area contributed by atoms with Crippen molar-refractivity contribution in [2.75, 3.05) is 6.61 Å².